The zero-order valence-electron chi connectivity index (χ0n) is 11.4. The van der Waals surface area contributed by atoms with Crippen LogP contribution in [0.25, 0.3) is 10.9 Å². The zero-order chi connectivity index (χ0) is 14.2. The Hall–Kier alpha value is -2.63. The lowest BCUT2D eigenvalue weighted by Gasteiger charge is -2.22. The van der Waals surface area contributed by atoms with Crippen LogP contribution in [0.5, 0.6) is 0 Å². The van der Waals surface area contributed by atoms with E-state index in [9.17, 15) is 4.79 Å². The van der Waals surface area contributed by atoms with Crippen LogP contribution >= 0.6 is 0 Å². The van der Waals surface area contributed by atoms with Crippen molar-refractivity contribution >= 4 is 22.5 Å². The number of H-pyrrole nitrogens is 1. The van der Waals surface area contributed by atoms with Gasteiger partial charge in [-0.05, 0) is 24.6 Å². The number of carbonyl (C=O) groups excluding carboxylic acids is 1. The van der Waals surface area contributed by atoms with E-state index in [1.165, 1.54) is 0 Å². The van der Waals surface area contributed by atoms with Gasteiger partial charge >= 0.3 is 0 Å². The number of benzene rings is 1. The van der Waals surface area contributed by atoms with E-state index in [2.05, 4.69) is 25.1 Å². The van der Waals surface area contributed by atoms with Crippen molar-refractivity contribution in [3.63, 3.8) is 0 Å². The molecule has 3 aromatic rings. The number of hydrogen-bond acceptors (Lipinski definition) is 3. The second-order valence-corrected chi connectivity index (χ2v) is 5.39. The van der Waals surface area contributed by atoms with Gasteiger partial charge in [0.1, 0.15) is 5.82 Å². The molecule has 0 saturated carbocycles. The van der Waals surface area contributed by atoms with Crippen molar-refractivity contribution < 1.29 is 4.79 Å². The summed E-state index contributed by atoms with van der Waals surface area (Å²) in [5, 5.41) is 10.9. The van der Waals surface area contributed by atoms with Crippen LogP contribution in [0.1, 0.15) is 12.2 Å². The molecule has 0 saturated heterocycles. The monoisotopic (exact) mass is 281 g/mol. The van der Waals surface area contributed by atoms with E-state index in [1.54, 1.807) is 12.4 Å². The minimum absolute atomic E-state index is 0.0139. The van der Waals surface area contributed by atoms with Crippen molar-refractivity contribution in [1.29, 1.82) is 0 Å². The Kier molecular flexibility index (Phi) is 2.73. The molecule has 0 spiro atoms. The molecule has 6 nitrogen and oxygen atoms in total. The van der Waals surface area contributed by atoms with Gasteiger partial charge in [-0.3, -0.25) is 9.89 Å². The Morgan fingerprint density at radius 2 is 2.38 bits per heavy atom. The van der Waals surface area contributed by atoms with Crippen LogP contribution in [0, 0.1) is 5.92 Å². The molecule has 1 unspecified atom stereocenters. The van der Waals surface area contributed by atoms with E-state index in [0.717, 1.165) is 35.4 Å². The fourth-order valence-electron chi connectivity index (χ4n) is 2.84. The van der Waals surface area contributed by atoms with Gasteiger partial charge in [-0.2, -0.15) is 5.10 Å². The van der Waals surface area contributed by atoms with Gasteiger partial charge in [0.25, 0.3) is 0 Å². The highest BCUT2D eigenvalue weighted by atomic mass is 16.1. The minimum Gasteiger partial charge on any atom is -0.335 e. The summed E-state index contributed by atoms with van der Waals surface area (Å²) in [5.74, 6) is 1.04. The predicted octanol–water partition coefficient (Wildman–Crippen LogP) is 1.96. The normalized spacial score (nSPS) is 17.6. The largest absolute Gasteiger partial charge is 0.335 e. The SMILES string of the molecule is O=C(Nc1ccc2[nH]ncc2c1)C1CCn2ccnc2C1. The fourth-order valence-corrected chi connectivity index (χ4v) is 2.84. The molecule has 21 heavy (non-hydrogen) atoms. The van der Waals surface area contributed by atoms with Crippen LogP contribution in [-0.4, -0.2) is 25.7 Å². The molecular weight excluding hydrogens is 266 g/mol. The number of carbonyl (C=O) groups is 1. The highest BCUT2D eigenvalue weighted by Gasteiger charge is 2.25. The maximum absolute atomic E-state index is 12.4. The van der Waals surface area contributed by atoms with Gasteiger partial charge in [0.15, 0.2) is 0 Å². The third-order valence-corrected chi connectivity index (χ3v) is 4.03. The number of aryl methyl sites for hydroxylation is 1. The standard InChI is InChI=1S/C15H15N5O/c21-15(10-3-5-20-6-4-16-14(20)8-10)18-12-1-2-13-11(7-12)9-17-19-13/h1-2,4,6-7,9-10H,3,5,8H2,(H,17,19)(H,18,21). The van der Waals surface area contributed by atoms with Gasteiger partial charge in [0.05, 0.1) is 11.7 Å². The van der Waals surface area contributed by atoms with Crippen molar-refractivity contribution in [3.8, 4) is 0 Å². The Bertz CT molecular complexity index is 803. The van der Waals surface area contributed by atoms with E-state index in [4.69, 9.17) is 0 Å². The maximum Gasteiger partial charge on any atom is 0.228 e. The van der Waals surface area contributed by atoms with Gasteiger partial charge in [0, 0.05) is 42.4 Å². The van der Waals surface area contributed by atoms with Gasteiger partial charge < -0.3 is 9.88 Å². The summed E-state index contributed by atoms with van der Waals surface area (Å²) < 4.78 is 2.11. The van der Waals surface area contributed by atoms with E-state index in [1.807, 2.05) is 24.4 Å². The molecular formula is C15H15N5O. The van der Waals surface area contributed by atoms with E-state index in [0.29, 0.717) is 6.42 Å². The van der Waals surface area contributed by atoms with Crippen LogP contribution < -0.4 is 5.32 Å². The van der Waals surface area contributed by atoms with Gasteiger partial charge in [-0.1, -0.05) is 0 Å². The van der Waals surface area contributed by atoms with Crippen molar-refractivity contribution in [2.45, 2.75) is 19.4 Å². The molecule has 1 aliphatic rings. The number of amides is 1. The average molecular weight is 281 g/mol. The lowest BCUT2D eigenvalue weighted by atomic mass is 9.97. The average Bonchev–Trinajstić information content (AvgIpc) is 3.14. The van der Waals surface area contributed by atoms with Crippen LogP contribution in [0.2, 0.25) is 0 Å². The molecule has 0 fully saturated rings. The van der Waals surface area contributed by atoms with Gasteiger partial charge in [-0.25, -0.2) is 4.98 Å². The lowest BCUT2D eigenvalue weighted by molar-refractivity contribution is -0.120. The Labute approximate surface area is 121 Å². The van der Waals surface area contributed by atoms with Crippen LogP contribution in [0.3, 0.4) is 0 Å². The maximum atomic E-state index is 12.4. The summed E-state index contributed by atoms with van der Waals surface area (Å²) in [4.78, 5) is 16.7. The summed E-state index contributed by atoms with van der Waals surface area (Å²) >= 11 is 0. The molecule has 6 heteroatoms. The smallest absolute Gasteiger partial charge is 0.228 e. The summed E-state index contributed by atoms with van der Waals surface area (Å²) in [7, 11) is 0. The molecule has 106 valence electrons. The number of aromatic nitrogens is 4. The lowest BCUT2D eigenvalue weighted by Crippen LogP contribution is -2.30. The number of rotatable bonds is 2. The van der Waals surface area contributed by atoms with Crippen LogP contribution in [0.4, 0.5) is 5.69 Å². The van der Waals surface area contributed by atoms with E-state index in [-0.39, 0.29) is 11.8 Å². The summed E-state index contributed by atoms with van der Waals surface area (Å²) in [6, 6.07) is 5.74. The molecule has 1 aromatic carbocycles. The van der Waals surface area contributed by atoms with Crippen molar-refractivity contribution in [2.24, 2.45) is 5.92 Å². The van der Waals surface area contributed by atoms with Crippen molar-refractivity contribution in [3.05, 3.63) is 42.6 Å². The molecule has 2 N–H and O–H groups in total. The van der Waals surface area contributed by atoms with Crippen LogP contribution in [0.15, 0.2) is 36.8 Å². The Morgan fingerprint density at radius 3 is 3.33 bits per heavy atom. The Morgan fingerprint density at radius 1 is 1.43 bits per heavy atom. The van der Waals surface area contributed by atoms with Crippen molar-refractivity contribution in [2.75, 3.05) is 5.32 Å². The third-order valence-electron chi connectivity index (χ3n) is 4.03. The summed E-state index contributed by atoms with van der Waals surface area (Å²) in [6.07, 6.45) is 7.07. The molecule has 2 aromatic heterocycles. The quantitative estimate of drug-likeness (QED) is 0.754. The first kappa shape index (κ1) is 12.1. The number of hydrogen-bond donors (Lipinski definition) is 2. The van der Waals surface area contributed by atoms with E-state index >= 15 is 0 Å². The zero-order valence-corrected chi connectivity index (χ0v) is 11.4. The molecule has 1 aliphatic heterocycles. The highest BCUT2D eigenvalue weighted by molar-refractivity contribution is 5.95. The van der Waals surface area contributed by atoms with Gasteiger partial charge in [-0.15, -0.1) is 0 Å². The molecule has 3 heterocycles. The predicted molar refractivity (Wildman–Crippen MR) is 78.8 cm³/mol. The first-order valence-electron chi connectivity index (χ1n) is 7.03. The molecule has 0 bridgehead atoms. The molecule has 1 atom stereocenters. The minimum atomic E-state index is -0.0139. The molecule has 1 amide bonds. The summed E-state index contributed by atoms with van der Waals surface area (Å²) in [6.45, 7) is 0.855. The van der Waals surface area contributed by atoms with Crippen LogP contribution in [-0.2, 0) is 17.8 Å². The first-order chi connectivity index (χ1) is 10.3. The topological polar surface area (TPSA) is 75.6 Å². The summed E-state index contributed by atoms with van der Waals surface area (Å²) in [5.41, 5.74) is 1.77. The first-order valence-corrected chi connectivity index (χ1v) is 7.03. The number of nitrogens with one attached hydrogen (secondary N) is 2. The molecule has 4 rings (SSSR count). The second kappa shape index (κ2) is 4.73. The number of anilines is 1. The highest BCUT2D eigenvalue weighted by Crippen LogP contribution is 2.22. The molecule has 0 radical (unpaired) electrons. The molecule has 0 aliphatic carbocycles. The Balaban J connectivity index is 1.50. The number of fused-ring (bicyclic) bond motifs is 2. The van der Waals surface area contributed by atoms with E-state index < -0.39 is 0 Å². The second-order valence-electron chi connectivity index (χ2n) is 5.39. The number of nitrogens with zero attached hydrogens (tertiary/aromatic N) is 3. The number of imidazole rings is 1. The van der Waals surface area contributed by atoms with Gasteiger partial charge in [0.2, 0.25) is 5.91 Å². The third kappa shape index (κ3) is 2.18. The number of aromatic amines is 1. The fraction of sp³-hybridized carbons (Fsp3) is 0.267. The van der Waals surface area contributed by atoms with Crippen molar-refractivity contribution in [1.82, 2.24) is 19.7 Å².